The van der Waals surface area contributed by atoms with Crippen LogP contribution < -0.4 is 5.32 Å². The maximum atomic E-state index is 12.8. The molecule has 1 fully saturated rings. The zero-order valence-corrected chi connectivity index (χ0v) is 15.5. The van der Waals surface area contributed by atoms with Crippen LogP contribution in [0.2, 0.25) is 0 Å². The minimum atomic E-state index is -0.484. The van der Waals surface area contributed by atoms with Gasteiger partial charge in [-0.25, -0.2) is 0 Å². The van der Waals surface area contributed by atoms with Crippen LogP contribution in [0.25, 0.3) is 0 Å². The zero-order chi connectivity index (χ0) is 18.0. The van der Waals surface area contributed by atoms with Gasteiger partial charge in [-0.15, -0.1) is 0 Å². The number of nitrogens with zero attached hydrogens (tertiary/aromatic N) is 1. The smallest absolute Gasteiger partial charge is 0.285 e. The molecule has 2 aromatic rings. The number of hydrogen-bond donors (Lipinski definition) is 1. The summed E-state index contributed by atoms with van der Waals surface area (Å²) in [5.41, 5.74) is 1.51. The summed E-state index contributed by atoms with van der Waals surface area (Å²) < 4.78 is 0.976. The topological polar surface area (TPSA) is 72.2 Å². The molecule has 0 saturated heterocycles. The summed E-state index contributed by atoms with van der Waals surface area (Å²) in [6.07, 6.45) is 3.26. The van der Waals surface area contributed by atoms with Gasteiger partial charge in [0.1, 0.15) is 5.56 Å². The molecule has 130 valence electrons. The molecule has 1 amide bonds. The molecule has 0 aliphatic heterocycles. The van der Waals surface area contributed by atoms with E-state index in [1.807, 2.05) is 24.3 Å². The fourth-order valence-electron chi connectivity index (χ4n) is 3.22. The van der Waals surface area contributed by atoms with Gasteiger partial charge in [-0.3, -0.25) is 14.9 Å². The summed E-state index contributed by atoms with van der Waals surface area (Å²) in [6, 6.07) is 12.6. The standard InChI is InChI=1S/C19H19BrN2O3/c1-12-4-2-7-16(18(12)22(24)25)19(23)21-17(13-5-3-6-13)14-8-10-15(20)11-9-14/h2,4,7-11,13,17H,3,5-6H2,1H3,(H,21,23)/t17-/m0/s1. The van der Waals surface area contributed by atoms with Gasteiger partial charge in [-0.05, 0) is 49.4 Å². The van der Waals surface area contributed by atoms with Crippen molar-refractivity contribution in [3.8, 4) is 0 Å². The van der Waals surface area contributed by atoms with E-state index < -0.39 is 10.8 Å². The van der Waals surface area contributed by atoms with E-state index in [2.05, 4.69) is 21.2 Å². The number of amides is 1. The second-order valence-electron chi connectivity index (χ2n) is 6.42. The van der Waals surface area contributed by atoms with Gasteiger partial charge < -0.3 is 5.32 Å². The number of aryl methyl sites for hydroxylation is 1. The molecule has 0 aromatic heterocycles. The maximum absolute atomic E-state index is 12.8. The van der Waals surface area contributed by atoms with E-state index in [9.17, 15) is 14.9 Å². The first-order valence-corrected chi connectivity index (χ1v) is 9.07. The minimum Gasteiger partial charge on any atom is -0.345 e. The fourth-order valence-corrected chi connectivity index (χ4v) is 3.48. The number of nitro benzene ring substituents is 1. The SMILES string of the molecule is Cc1cccc(C(=O)N[C@H](c2ccc(Br)cc2)C2CCC2)c1[N+](=O)[O-]. The number of nitro groups is 1. The third kappa shape index (κ3) is 3.74. The molecule has 1 atom stereocenters. The van der Waals surface area contributed by atoms with E-state index in [-0.39, 0.29) is 17.3 Å². The van der Waals surface area contributed by atoms with Gasteiger partial charge in [0.05, 0.1) is 11.0 Å². The predicted molar refractivity (Wildman–Crippen MR) is 99.5 cm³/mol. The average molecular weight is 403 g/mol. The van der Waals surface area contributed by atoms with Crippen molar-refractivity contribution < 1.29 is 9.72 Å². The average Bonchev–Trinajstić information content (AvgIpc) is 2.52. The lowest BCUT2D eigenvalue weighted by molar-refractivity contribution is -0.385. The number of para-hydroxylation sites is 1. The number of carbonyl (C=O) groups is 1. The Bertz CT molecular complexity index is 801. The molecule has 25 heavy (non-hydrogen) atoms. The quantitative estimate of drug-likeness (QED) is 0.568. The number of rotatable bonds is 5. The molecule has 0 radical (unpaired) electrons. The molecule has 1 saturated carbocycles. The molecule has 5 nitrogen and oxygen atoms in total. The molecule has 3 rings (SSSR count). The second-order valence-corrected chi connectivity index (χ2v) is 7.34. The van der Waals surface area contributed by atoms with Gasteiger partial charge in [0, 0.05) is 10.0 Å². The first kappa shape index (κ1) is 17.6. The molecule has 1 aliphatic rings. The number of benzene rings is 2. The Morgan fingerprint density at radius 1 is 1.24 bits per heavy atom. The van der Waals surface area contributed by atoms with Crippen molar-refractivity contribution in [2.45, 2.75) is 32.2 Å². The van der Waals surface area contributed by atoms with E-state index in [4.69, 9.17) is 0 Å². The van der Waals surface area contributed by atoms with E-state index in [1.54, 1.807) is 19.1 Å². The predicted octanol–water partition coefficient (Wildman–Crippen LogP) is 4.94. The molecular formula is C19H19BrN2O3. The molecular weight excluding hydrogens is 384 g/mol. The molecule has 2 aromatic carbocycles. The molecule has 1 N–H and O–H groups in total. The summed E-state index contributed by atoms with van der Waals surface area (Å²) in [5.74, 6) is -0.0239. The minimum absolute atomic E-state index is 0.117. The third-order valence-electron chi connectivity index (χ3n) is 4.80. The van der Waals surface area contributed by atoms with Crippen molar-refractivity contribution in [3.63, 3.8) is 0 Å². The van der Waals surface area contributed by atoms with E-state index in [0.717, 1.165) is 29.3 Å². The summed E-state index contributed by atoms with van der Waals surface area (Å²) >= 11 is 3.42. The molecule has 0 spiro atoms. The monoisotopic (exact) mass is 402 g/mol. The molecule has 0 unspecified atom stereocenters. The maximum Gasteiger partial charge on any atom is 0.285 e. The van der Waals surface area contributed by atoms with Gasteiger partial charge in [-0.1, -0.05) is 46.6 Å². The molecule has 6 heteroatoms. The lowest BCUT2D eigenvalue weighted by Gasteiger charge is -2.34. The highest BCUT2D eigenvalue weighted by atomic mass is 79.9. The van der Waals surface area contributed by atoms with Crippen LogP contribution in [0.4, 0.5) is 5.69 Å². The Kier molecular flexibility index (Phi) is 5.18. The normalized spacial score (nSPS) is 15.3. The number of halogens is 1. The summed E-state index contributed by atoms with van der Waals surface area (Å²) in [7, 11) is 0. The Hall–Kier alpha value is -2.21. The highest BCUT2D eigenvalue weighted by Gasteiger charge is 2.31. The van der Waals surface area contributed by atoms with E-state index >= 15 is 0 Å². The lowest BCUT2D eigenvalue weighted by atomic mass is 9.77. The molecule has 0 bridgehead atoms. The lowest BCUT2D eigenvalue weighted by Crippen LogP contribution is -2.36. The molecule has 0 heterocycles. The first-order valence-electron chi connectivity index (χ1n) is 8.27. The van der Waals surface area contributed by atoms with Crippen molar-refractivity contribution in [1.82, 2.24) is 5.32 Å². The van der Waals surface area contributed by atoms with Crippen LogP contribution in [-0.2, 0) is 0 Å². The highest BCUT2D eigenvalue weighted by molar-refractivity contribution is 9.10. The first-order chi connectivity index (χ1) is 12.0. The van der Waals surface area contributed by atoms with Crippen LogP contribution in [0.3, 0.4) is 0 Å². The van der Waals surface area contributed by atoms with Gasteiger partial charge in [0.2, 0.25) is 0 Å². The van der Waals surface area contributed by atoms with Gasteiger partial charge in [-0.2, -0.15) is 0 Å². The largest absolute Gasteiger partial charge is 0.345 e. The summed E-state index contributed by atoms with van der Waals surface area (Å²) in [5, 5.41) is 14.4. The Morgan fingerprint density at radius 3 is 2.48 bits per heavy atom. The molecule has 1 aliphatic carbocycles. The number of carbonyl (C=O) groups excluding carboxylic acids is 1. The van der Waals surface area contributed by atoms with Crippen LogP contribution in [0.5, 0.6) is 0 Å². The van der Waals surface area contributed by atoms with Crippen LogP contribution in [-0.4, -0.2) is 10.8 Å². The Labute approximate surface area is 154 Å². The van der Waals surface area contributed by atoms with Crippen molar-refractivity contribution in [2.75, 3.05) is 0 Å². The Morgan fingerprint density at radius 2 is 1.92 bits per heavy atom. The van der Waals surface area contributed by atoms with Crippen LogP contribution in [0.15, 0.2) is 46.9 Å². The number of nitrogens with one attached hydrogen (secondary N) is 1. The van der Waals surface area contributed by atoms with Gasteiger partial charge in [0.25, 0.3) is 11.6 Å². The summed E-state index contributed by atoms with van der Waals surface area (Å²) in [4.78, 5) is 23.7. The van der Waals surface area contributed by atoms with E-state index in [1.165, 1.54) is 6.07 Å². The van der Waals surface area contributed by atoms with Crippen LogP contribution in [0.1, 0.15) is 46.8 Å². The highest BCUT2D eigenvalue weighted by Crippen LogP contribution is 2.38. The zero-order valence-electron chi connectivity index (χ0n) is 13.9. The third-order valence-corrected chi connectivity index (χ3v) is 5.33. The number of hydrogen-bond acceptors (Lipinski definition) is 3. The fraction of sp³-hybridized carbons (Fsp3) is 0.316. The van der Waals surface area contributed by atoms with E-state index in [0.29, 0.717) is 11.5 Å². The van der Waals surface area contributed by atoms with Crippen LogP contribution in [0, 0.1) is 23.0 Å². The van der Waals surface area contributed by atoms with Gasteiger partial charge >= 0.3 is 0 Å². The summed E-state index contributed by atoms with van der Waals surface area (Å²) in [6.45, 7) is 1.65. The van der Waals surface area contributed by atoms with Crippen molar-refractivity contribution >= 4 is 27.5 Å². The van der Waals surface area contributed by atoms with Crippen molar-refractivity contribution in [2.24, 2.45) is 5.92 Å². The Balaban J connectivity index is 1.90. The van der Waals surface area contributed by atoms with Crippen molar-refractivity contribution in [3.05, 3.63) is 73.7 Å². The van der Waals surface area contributed by atoms with Gasteiger partial charge in [0.15, 0.2) is 0 Å². The second kappa shape index (κ2) is 7.35. The van der Waals surface area contributed by atoms with Crippen molar-refractivity contribution in [1.29, 1.82) is 0 Å². The van der Waals surface area contributed by atoms with Crippen LogP contribution >= 0.6 is 15.9 Å².